The third-order valence-electron chi connectivity index (χ3n) is 3.24. The zero-order valence-corrected chi connectivity index (χ0v) is 8.98. The van der Waals surface area contributed by atoms with Crippen LogP contribution in [0.5, 0.6) is 0 Å². The van der Waals surface area contributed by atoms with Gasteiger partial charge in [0.1, 0.15) is 0 Å². The van der Waals surface area contributed by atoms with E-state index in [1.165, 1.54) is 0 Å². The largest absolute Gasteiger partial charge is 0.391 e. The Hall–Kier alpha value is -0.770. The molecule has 1 fully saturated rings. The van der Waals surface area contributed by atoms with E-state index in [1.54, 1.807) is 0 Å². The second kappa shape index (κ2) is 3.77. The molecule has 0 radical (unpaired) electrons. The van der Waals surface area contributed by atoms with Gasteiger partial charge in [0.15, 0.2) is 5.96 Å². The van der Waals surface area contributed by atoms with Crippen LogP contribution in [0.4, 0.5) is 0 Å². The minimum absolute atomic E-state index is 0.170. The number of β-amino-alcohol motifs (C(OH)–C–C–N with tert-alkyl or cyclic N) is 1. The summed E-state index contributed by atoms with van der Waals surface area (Å²) in [6, 6.07) is 0. The summed E-state index contributed by atoms with van der Waals surface area (Å²) in [5.74, 6) is 1.49. The van der Waals surface area contributed by atoms with Gasteiger partial charge in [-0.1, -0.05) is 6.92 Å². The molecular weight excluding hydrogens is 178 g/mol. The van der Waals surface area contributed by atoms with Crippen molar-refractivity contribution < 1.29 is 5.11 Å². The van der Waals surface area contributed by atoms with Crippen molar-refractivity contribution >= 4 is 5.96 Å². The van der Waals surface area contributed by atoms with Crippen LogP contribution in [0.15, 0.2) is 4.99 Å². The highest BCUT2D eigenvalue weighted by molar-refractivity contribution is 5.81. The molecule has 1 saturated heterocycles. The van der Waals surface area contributed by atoms with E-state index in [9.17, 15) is 5.11 Å². The summed E-state index contributed by atoms with van der Waals surface area (Å²) in [5.41, 5.74) is 0. The average molecular weight is 197 g/mol. The van der Waals surface area contributed by atoms with Crippen LogP contribution in [0.3, 0.4) is 0 Å². The molecule has 4 nitrogen and oxygen atoms in total. The molecule has 0 aliphatic carbocycles. The van der Waals surface area contributed by atoms with E-state index in [4.69, 9.17) is 0 Å². The number of likely N-dealkylation sites (N-methyl/N-ethyl adjacent to an activating group) is 1. The summed E-state index contributed by atoms with van der Waals surface area (Å²) in [6.45, 7) is 5.76. The maximum absolute atomic E-state index is 9.79. The van der Waals surface area contributed by atoms with Crippen LogP contribution < -0.4 is 0 Å². The molecule has 0 spiro atoms. The Bertz CT molecular complexity index is 242. The predicted octanol–water partition coefficient (Wildman–Crippen LogP) is -0.00950. The van der Waals surface area contributed by atoms with Crippen LogP contribution >= 0.6 is 0 Å². The fourth-order valence-corrected chi connectivity index (χ4v) is 2.28. The zero-order chi connectivity index (χ0) is 10.1. The van der Waals surface area contributed by atoms with Gasteiger partial charge in [0.2, 0.25) is 0 Å². The van der Waals surface area contributed by atoms with Crippen molar-refractivity contribution in [3.63, 3.8) is 0 Å². The first-order chi connectivity index (χ1) is 6.72. The number of guanidine groups is 1. The van der Waals surface area contributed by atoms with E-state index >= 15 is 0 Å². The lowest BCUT2D eigenvalue weighted by Gasteiger charge is -2.24. The molecule has 0 aromatic rings. The maximum atomic E-state index is 9.79. The van der Waals surface area contributed by atoms with Crippen molar-refractivity contribution in [3.8, 4) is 0 Å². The van der Waals surface area contributed by atoms with Crippen LogP contribution in [0.1, 0.15) is 13.3 Å². The first kappa shape index (κ1) is 9.77. The third kappa shape index (κ3) is 1.59. The fourth-order valence-electron chi connectivity index (χ4n) is 2.28. The molecule has 2 aliphatic rings. The number of hydrogen-bond acceptors (Lipinski definition) is 4. The van der Waals surface area contributed by atoms with Crippen LogP contribution in [-0.4, -0.2) is 60.2 Å². The Morgan fingerprint density at radius 2 is 2.29 bits per heavy atom. The number of aliphatic hydroxyl groups excluding tert-OH is 1. The van der Waals surface area contributed by atoms with Gasteiger partial charge in [0.05, 0.1) is 12.6 Å². The molecule has 1 N–H and O–H groups in total. The topological polar surface area (TPSA) is 39.1 Å². The highest BCUT2D eigenvalue weighted by Crippen LogP contribution is 2.21. The van der Waals surface area contributed by atoms with Gasteiger partial charge in [-0.3, -0.25) is 4.99 Å². The van der Waals surface area contributed by atoms with Gasteiger partial charge in [-0.25, -0.2) is 0 Å². The molecule has 2 atom stereocenters. The second-order valence-electron chi connectivity index (χ2n) is 4.24. The number of aliphatic imine (C=N–C) groups is 1. The Balaban J connectivity index is 2.01. The van der Waals surface area contributed by atoms with Crippen LogP contribution in [-0.2, 0) is 0 Å². The van der Waals surface area contributed by atoms with Crippen molar-refractivity contribution in [2.75, 3.05) is 33.2 Å². The molecule has 0 aromatic carbocycles. The van der Waals surface area contributed by atoms with Crippen LogP contribution in [0.2, 0.25) is 0 Å². The first-order valence-corrected chi connectivity index (χ1v) is 5.41. The van der Waals surface area contributed by atoms with E-state index in [2.05, 4.69) is 28.8 Å². The standard InChI is InChI=1S/C10H19N3O/c1-3-8-6-13(7-9(8)14)10-11-4-5-12(10)2/h8-9,14H,3-7H2,1-2H3. The monoisotopic (exact) mass is 197 g/mol. The summed E-state index contributed by atoms with van der Waals surface area (Å²) in [4.78, 5) is 8.84. The van der Waals surface area contributed by atoms with Gasteiger partial charge in [-0.15, -0.1) is 0 Å². The number of hydrogen-bond donors (Lipinski definition) is 1. The average Bonchev–Trinajstić information content (AvgIpc) is 2.71. The molecule has 14 heavy (non-hydrogen) atoms. The number of rotatable bonds is 1. The van der Waals surface area contributed by atoms with Crippen LogP contribution in [0.25, 0.3) is 0 Å². The van der Waals surface area contributed by atoms with Crippen molar-refractivity contribution in [3.05, 3.63) is 0 Å². The summed E-state index contributed by atoms with van der Waals surface area (Å²) in [6.07, 6.45) is 0.881. The van der Waals surface area contributed by atoms with Crippen molar-refractivity contribution in [2.24, 2.45) is 10.9 Å². The number of likely N-dealkylation sites (tertiary alicyclic amines) is 1. The van der Waals surface area contributed by atoms with Gasteiger partial charge in [-0.05, 0) is 6.42 Å². The van der Waals surface area contributed by atoms with E-state index < -0.39 is 0 Å². The summed E-state index contributed by atoms with van der Waals surface area (Å²) in [5, 5.41) is 9.79. The Kier molecular flexibility index (Phi) is 2.63. The minimum atomic E-state index is -0.170. The molecule has 0 saturated carbocycles. The lowest BCUT2D eigenvalue weighted by molar-refractivity contribution is 0.143. The highest BCUT2D eigenvalue weighted by Gasteiger charge is 2.33. The van der Waals surface area contributed by atoms with Crippen molar-refractivity contribution in [2.45, 2.75) is 19.4 Å². The number of aliphatic hydroxyl groups is 1. The second-order valence-corrected chi connectivity index (χ2v) is 4.24. The maximum Gasteiger partial charge on any atom is 0.196 e. The first-order valence-electron chi connectivity index (χ1n) is 5.41. The molecular formula is C10H19N3O. The summed E-state index contributed by atoms with van der Waals surface area (Å²) in [7, 11) is 2.07. The van der Waals surface area contributed by atoms with Gasteiger partial charge < -0.3 is 14.9 Å². The van der Waals surface area contributed by atoms with Gasteiger partial charge in [0, 0.05) is 32.6 Å². The van der Waals surface area contributed by atoms with E-state index in [0.717, 1.165) is 38.6 Å². The normalized spacial score (nSPS) is 32.6. The van der Waals surface area contributed by atoms with Gasteiger partial charge >= 0.3 is 0 Å². The van der Waals surface area contributed by atoms with Crippen molar-refractivity contribution in [1.29, 1.82) is 0 Å². The van der Waals surface area contributed by atoms with E-state index in [0.29, 0.717) is 5.92 Å². The molecule has 2 aliphatic heterocycles. The molecule has 80 valence electrons. The lowest BCUT2D eigenvalue weighted by Crippen LogP contribution is -2.38. The third-order valence-corrected chi connectivity index (χ3v) is 3.24. The molecule has 2 heterocycles. The molecule has 0 amide bonds. The fraction of sp³-hybridized carbons (Fsp3) is 0.900. The number of nitrogens with zero attached hydrogens (tertiary/aromatic N) is 3. The van der Waals surface area contributed by atoms with E-state index in [1.807, 2.05) is 0 Å². The molecule has 2 unspecified atom stereocenters. The Labute approximate surface area is 85.2 Å². The highest BCUT2D eigenvalue weighted by atomic mass is 16.3. The Morgan fingerprint density at radius 1 is 1.50 bits per heavy atom. The van der Waals surface area contributed by atoms with Crippen molar-refractivity contribution in [1.82, 2.24) is 9.80 Å². The van der Waals surface area contributed by atoms with Crippen LogP contribution in [0, 0.1) is 5.92 Å². The molecule has 0 aromatic heterocycles. The quantitative estimate of drug-likeness (QED) is 0.642. The smallest absolute Gasteiger partial charge is 0.196 e. The summed E-state index contributed by atoms with van der Waals surface area (Å²) < 4.78 is 0. The van der Waals surface area contributed by atoms with E-state index in [-0.39, 0.29) is 6.10 Å². The molecule has 4 heteroatoms. The lowest BCUT2D eigenvalue weighted by atomic mass is 10.0. The molecule has 0 bridgehead atoms. The molecule has 2 rings (SSSR count). The Morgan fingerprint density at radius 3 is 2.79 bits per heavy atom. The SMILES string of the molecule is CCC1CN(C2=NCCN2C)CC1O. The summed E-state index contributed by atoms with van der Waals surface area (Å²) >= 11 is 0. The predicted molar refractivity (Wildman–Crippen MR) is 56.3 cm³/mol. The van der Waals surface area contributed by atoms with Gasteiger partial charge in [0.25, 0.3) is 0 Å². The van der Waals surface area contributed by atoms with Gasteiger partial charge in [-0.2, -0.15) is 0 Å². The minimum Gasteiger partial charge on any atom is -0.391 e. The zero-order valence-electron chi connectivity index (χ0n) is 8.98.